The Hall–Kier alpha value is -1.68. The molecular formula is C14H17NO3. The summed E-state index contributed by atoms with van der Waals surface area (Å²) in [7, 11) is 0. The molecule has 1 fully saturated rings. The largest absolute Gasteiger partial charge is 0.342 e. The van der Waals surface area contributed by atoms with Gasteiger partial charge in [-0.15, -0.1) is 0 Å². The van der Waals surface area contributed by atoms with Crippen molar-refractivity contribution in [1.29, 1.82) is 0 Å². The van der Waals surface area contributed by atoms with E-state index in [1.165, 1.54) is 6.92 Å². The molecule has 1 saturated heterocycles. The Balaban J connectivity index is 2.40. The zero-order valence-electron chi connectivity index (χ0n) is 10.8. The number of ketones is 1. The standard InChI is InChI=1S/C14H17NO3/c1-10(16)9-14(3)15(13(17)11(2)18-14)12-7-5-4-6-8-12/h4-8,11H,9H2,1-3H3/t11-,14+/m1/s1. The smallest absolute Gasteiger partial charge is 0.258 e. The molecule has 4 nitrogen and oxygen atoms in total. The minimum absolute atomic E-state index is 0.000307. The summed E-state index contributed by atoms with van der Waals surface area (Å²) in [5.41, 5.74) is -0.125. The highest BCUT2D eigenvalue weighted by Gasteiger charge is 2.48. The number of carbonyl (C=O) groups is 2. The molecule has 18 heavy (non-hydrogen) atoms. The number of Topliss-reactive ketones (excluding diaryl/α,β-unsaturated/α-hetero) is 1. The molecule has 0 unspecified atom stereocenters. The number of hydrogen-bond acceptors (Lipinski definition) is 3. The van der Waals surface area contributed by atoms with E-state index in [9.17, 15) is 9.59 Å². The molecule has 2 rings (SSSR count). The molecule has 1 amide bonds. The number of amides is 1. The van der Waals surface area contributed by atoms with E-state index in [1.807, 2.05) is 30.3 Å². The molecule has 96 valence electrons. The predicted molar refractivity (Wildman–Crippen MR) is 68.2 cm³/mol. The second-order valence-corrected chi connectivity index (χ2v) is 4.82. The molecule has 1 aliphatic heterocycles. The van der Waals surface area contributed by atoms with Gasteiger partial charge in [-0.2, -0.15) is 0 Å². The molecule has 0 radical (unpaired) electrons. The molecule has 4 heteroatoms. The summed E-state index contributed by atoms with van der Waals surface area (Å²) in [6.07, 6.45) is -0.326. The topological polar surface area (TPSA) is 46.6 Å². The van der Waals surface area contributed by atoms with Crippen molar-refractivity contribution in [3.63, 3.8) is 0 Å². The number of ether oxygens (including phenoxy) is 1. The first kappa shape index (κ1) is 12.8. The van der Waals surface area contributed by atoms with Crippen molar-refractivity contribution in [3.05, 3.63) is 30.3 Å². The van der Waals surface area contributed by atoms with Gasteiger partial charge in [0, 0.05) is 5.69 Å². The lowest BCUT2D eigenvalue weighted by molar-refractivity contribution is -0.126. The summed E-state index contributed by atoms with van der Waals surface area (Å²) in [6, 6.07) is 9.30. The minimum Gasteiger partial charge on any atom is -0.342 e. The average Bonchev–Trinajstić information content (AvgIpc) is 2.49. The van der Waals surface area contributed by atoms with E-state index in [2.05, 4.69) is 0 Å². The normalized spacial score (nSPS) is 27.6. The van der Waals surface area contributed by atoms with Gasteiger partial charge in [0.15, 0.2) is 5.72 Å². The maximum absolute atomic E-state index is 12.2. The van der Waals surface area contributed by atoms with Crippen LogP contribution in [0, 0.1) is 0 Å². The molecule has 0 saturated carbocycles. The number of anilines is 1. The first-order valence-corrected chi connectivity index (χ1v) is 6.00. The van der Waals surface area contributed by atoms with E-state index < -0.39 is 11.8 Å². The predicted octanol–water partition coefficient (Wildman–Crippen LogP) is 2.13. The maximum Gasteiger partial charge on any atom is 0.258 e. The summed E-state index contributed by atoms with van der Waals surface area (Å²) < 4.78 is 5.69. The summed E-state index contributed by atoms with van der Waals surface area (Å²) in [4.78, 5) is 25.2. The molecule has 1 aliphatic rings. The zero-order valence-corrected chi connectivity index (χ0v) is 10.8. The summed E-state index contributed by atoms with van der Waals surface area (Å²) in [6.45, 7) is 5.00. The highest BCUT2D eigenvalue weighted by Crippen LogP contribution is 2.35. The molecule has 0 aromatic heterocycles. The van der Waals surface area contributed by atoms with Crippen LogP contribution in [-0.4, -0.2) is 23.5 Å². The third kappa shape index (κ3) is 2.16. The van der Waals surface area contributed by atoms with Gasteiger partial charge in [-0.1, -0.05) is 18.2 Å². The number of carbonyl (C=O) groups excluding carboxylic acids is 2. The van der Waals surface area contributed by atoms with E-state index >= 15 is 0 Å². The Kier molecular flexibility index (Phi) is 3.22. The zero-order chi connectivity index (χ0) is 13.3. The third-order valence-corrected chi connectivity index (χ3v) is 3.06. The van der Waals surface area contributed by atoms with Crippen LogP contribution in [0.25, 0.3) is 0 Å². The highest BCUT2D eigenvalue weighted by atomic mass is 16.5. The Morgan fingerprint density at radius 2 is 2.00 bits per heavy atom. The van der Waals surface area contributed by atoms with Crippen LogP contribution in [0.15, 0.2) is 30.3 Å². The van der Waals surface area contributed by atoms with Gasteiger partial charge in [0.05, 0.1) is 6.42 Å². The summed E-state index contributed by atoms with van der Waals surface area (Å²) in [5.74, 6) is -0.106. The quantitative estimate of drug-likeness (QED) is 0.822. The number of benzene rings is 1. The monoisotopic (exact) mass is 247 g/mol. The first-order valence-electron chi connectivity index (χ1n) is 6.00. The summed E-state index contributed by atoms with van der Waals surface area (Å²) >= 11 is 0. The van der Waals surface area contributed by atoms with Crippen LogP contribution in [0.2, 0.25) is 0 Å². The highest BCUT2D eigenvalue weighted by molar-refractivity contribution is 6.00. The van der Waals surface area contributed by atoms with E-state index in [4.69, 9.17) is 4.74 Å². The van der Waals surface area contributed by atoms with Crippen molar-refractivity contribution in [1.82, 2.24) is 0 Å². The van der Waals surface area contributed by atoms with Gasteiger partial charge in [0.25, 0.3) is 5.91 Å². The molecule has 1 aromatic rings. The minimum atomic E-state index is -0.885. The Bertz CT molecular complexity index is 471. The van der Waals surface area contributed by atoms with Crippen LogP contribution in [0.4, 0.5) is 5.69 Å². The molecule has 0 bridgehead atoms. The fourth-order valence-corrected chi connectivity index (χ4v) is 2.46. The van der Waals surface area contributed by atoms with Gasteiger partial charge in [-0.05, 0) is 32.9 Å². The molecule has 2 atom stereocenters. The fourth-order valence-electron chi connectivity index (χ4n) is 2.46. The van der Waals surface area contributed by atoms with Crippen LogP contribution in [-0.2, 0) is 14.3 Å². The van der Waals surface area contributed by atoms with Gasteiger partial charge in [-0.3, -0.25) is 14.5 Å². The van der Waals surface area contributed by atoms with Crippen LogP contribution in [0.5, 0.6) is 0 Å². The van der Waals surface area contributed by atoms with Crippen LogP contribution in [0.1, 0.15) is 27.2 Å². The van der Waals surface area contributed by atoms with Gasteiger partial charge >= 0.3 is 0 Å². The van der Waals surface area contributed by atoms with Crippen molar-refractivity contribution in [2.24, 2.45) is 0 Å². The average molecular weight is 247 g/mol. The van der Waals surface area contributed by atoms with Gasteiger partial charge in [0.2, 0.25) is 0 Å². The second-order valence-electron chi connectivity index (χ2n) is 4.82. The van der Waals surface area contributed by atoms with Crippen molar-refractivity contribution < 1.29 is 14.3 Å². The lowest BCUT2D eigenvalue weighted by Gasteiger charge is -2.32. The van der Waals surface area contributed by atoms with E-state index in [1.54, 1.807) is 18.7 Å². The number of hydrogen-bond donors (Lipinski definition) is 0. The molecular weight excluding hydrogens is 230 g/mol. The number of nitrogens with zero attached hydrogens (tertiary/aromatic N) is 1. The van der Waals surface area contributed by atoms with Crippen LogP contribution >= 0.6 is 0 Å². The van der Waals surface area contributed by atoms with Crippen molar-refractivity contribution in [3.8, 4) is 0 Å². The van der Waals surface area contributed by atoms with Gasteiger partial charge < -0.3 is 4.74 Å². The van der Waals surface area contributed by atoms with Crippen LogP contribution in [0.3, 0.4) is 0 Å². The number of rotatable bonds is 3. The summed E-state index contributed by atoms with van der Waals surface area (Å²) in [5, 5.41) is 0. The fraction of sp³-hybridized carbons (Fsp3) is 0.429. The Morgan fingerprint density at radius 1 is 1.39 bits per heavy atom. The molecule has 0 N–H and O–H groups in total. The molecule has 0 aliphatic carbocycles. The third-order valence-electron chi connectivity index (χ3n) is 3.06. The maximum atomic E-state index is 12.2. The lowest BCUT2D eigenvalue weighted by Crippen LogP contribution is -2.45. The van der Waals surface area contributed by atoms with E-state index in [0.29, 0.717) is 0 Å². The Labute approximate surface area is 107 Å². The van der Waals surface area contributed by atoms with E-state index in [-0.39, 0.29) is 18.1 Å². The number of para-hydroxylation sites is 1. The molecule has 1 heterocycles. The second kappa shape index (κ2) is 4.53. The van der Waals surface area contributed by atoms with Crippen molar-refractivity contribution in [2.45, 2.75) is 39.0 Å². The lowest BCUT2D eigenvalue weighted by atomic mass is 10.1. The Morgan fingerprint density at radius 3 is 2.56 bits per heavy atom. The van der Waals surface area contributed by atoms with Crippen LogP contribution < -0.4 is 4.90 Å². The molecule has 0 spiro atoms. The molecule has 1 aromatic carbocycles. The van der Waals surface area contributed by atoms with Gasteiger partial charge in [0.1, 0.15) is 11.9 Å². The van der Waals surface area contributed by atoms with Gasteiger partial charge in [-0.25, -0.2) is 0 Å². The van der Waals surface area contributed by atoms with Crippen molar-refractivity contribution >= 4 is 17.4 Å². The SMILES string of the molecule is CC(=O)C[C@]1(C)O[C@H](C)C(=O)N1c1ccccc1. The first-order chi connectivity index (χ1) is 8.44. The van der Waals surface area contributed by atoms with Crippen molar-refractivity contribution in [2.75, 3.05) is 4.90 Å². The van der Waals surface area contributed by atoms with E-state index in [0.717, 1.165) is 5.69 Å².